The fraction of sp³-hybridized carbons (Fsp3) is 0.235. The van der Waals surface area contributed by atoms with Gasteiger partial charge in [0, 0.05) is 28.9 Å². The number of benzene rings is 2. The van der Waals surface area contributed by atoms with Crippen molar-refractivity contribution in [3.63, 3.8) is 0 Å². The van der Waals surface area contributed by atoms with Crippen LogP contribution in [-0.2, 0) is 0 Å². The molecule has 0 saturated heterocycles. The minimum atomic E-state index is -0.497. The molecule has 0 aromatic heterocycles. The first-order valence-electron chi connectivity index (χ1n) is 7.20. The van der Waals surface area contributed by atoms with E-state index in [9.17, 15) is 14.9 Å². The highest BCUT2D eigenvalue weighted by Gasteiger charge is 2.18. The van der Waals surface area contributed by atoms with Crippen LogP contribution in [0.3, 0.4) is 0 Å². The standard InChI is InChI=1S/C17H18N2O4/c1-11(2)23-14-7-4-6-13(10-14)18-17(20)15-8-5-9-16(12(15)3)19(21)22/h4-11H,1-3H3,(H,18,20). The van der Waals surface area contributed by atoms with Crippen LogP contribution in [0.15, 0.2) is 42.5 Å². The summed E-state index contributed by atoms with van der Waals surface area (Å²) in [4.78, 5) is 22.8. The fourth-order valence-electron chi connectivity index (χ4n) is 2.18. The summed E-state index contributed by atoms with van der Waals surface area (Å²) >= 11 is 0. The molecule has 0 bridgehead atoms. The number of nitrogens with zero attached hydrogens (tertiary/aromatic N) is 1. The van der Waals surface area contributed by atoms with E-state index in [1.54, 1.807) is 37.3 Å². The van der Waals surface area contributed by atoms with Crippen LogP contribution >= 0.6 is 0 Å². The van der Waals surface area contributed by atoms with Gasteiger partial charge in [0.2, 0.25) is 0 Å². The Labute approximate surface area is 134 Å². The molecular formula is C17H18N2O4. The first-order valence-corrected chi connectivity index (χ1v) is 7.20. The Morgan fingerprint density at radius 3 is 2.57 bits per heavy atom. The number of nitro groups is 1. The Balaban J connectivity index is 2.23. The highest BCUT2D eigenvalue weighted by atomic mass is 16.6. The van der Waals surface area contributed by atoms with Crippen molar-refractivity contribution in [2.45, 2.75) is 26.9 Å². The molecule has 0 aliphatic heterocycles. The van der Waals surface area contributed by atoms with Crippen LogP contribution in [0.25, 0.3) is 0 Å². The van der Waals surface area contributed by atoms with Gasteiger partial charge in [-0.15, -0.1) is 0 Å². The Hall–Kier alpha value is -2.89. The van der Waals surface area contributed by atoms with Crippen LogP contribution in [0.2, 0.25) is 0 Å². The minimum absolute atomic E-state index is 0.0277. The van der Waals surface area contributed by atoms with Crippen molar-refractivity contribution < 1.29 is 14.5 Å². The lowest BCUT2D eigenvalue weighted by Gasteiger charge is -2.12. The van der Waals surface area contributed by atoms with E-state index in [0.717, 1.165) is 0 Å². The maximum absolute atomic E-state index is 12.4. The maximum Gasteiger partial charge on any atom is 0.273 e. The van der Waals surface area contributed by atoms with E-state index in [1.807, 2.05) is 13.8 Å². The zero-order valence-electron chi connectivity index (χ0n) is 13.2. The molecule has 0 fully saturated rings. The van der Waals surface area contributed by atoms with E-state index >= 15 is 0 Å². The summed E-state index contributed by atoms with van der Waals surface area (Å²) in [6, 6.07) is 11.5. The second kappa shape index (κ2) is 6.91. The second-order valence-electron chi connectivity index (χ2n) is 5.36. The quantitative estimate of drug-likeness (QED) is 0.669. The highest BCUT2D eigenvalue weighted by Crippen LogP contribution is 2.23. The van der Waals surface area contributed by atoms with Gasteiger partial charge in [0.1, 0.15) is 5.75 Å². The number of nitro benzene ring substituents is 1. The van der Waals surface area contributed by atoms with Crippen molar-refractivity contribution >= 4 is 17.3 Å². The monoisotopic (exact) mass is 314 g/mol. The van der Waals surface area contributed by atoms with E-state index in [1.165, 1.54) is 12.1 Å². The molecule has 0 radical (unpaired) electrons. The molecule has 0 atom stereocenters. The predicted octanol–water partition coefficient (Wildman–Crippen LogP) is 3.94. The Kier molecular flexibility index (Phi) is 4.95. The van der Waals surface area contributed by atoms with Gasteiger partial charge in [-0.3, -0.25) is 14.9 Å². The van der Waals surface area contributed by atoms with Crippen molar-refractivity contribution in [2.24, 2.45) is 0 Å². The third kappa shape index (κ3) is 4.06. The SMILES string of the molecule is Cc1c(C(=O)Nc2cccc(OC(C)C)c2)cccc1[N+](=O)[O-]. The van der Waals surface area contributed by atoms with Crippen molar-refractivity contribution in [1.29, 1.82) is 0 Å². The first kappa shape index (κ1) is 16.5. The molecule has 1 N–H and O–H groups in total. The van der Waals surface area contributed by atoms with E-state index < -0.39 is 10.8 Å². The molecule has 2 aromatic carbocycles. The molecule has 0 saturated carbocycles. The molecule has 0 aliphatic carbocycles. The van der Waals surface area contributed by atoms with Crippen LogP contribution in [0, 0.1) is 17.0 Å². The van der Waals surface area contributed by atoms with Gasteiger partial charge in [0.15, 0.2) is 0 Å². The second-order valence-corrected chi connectivity index (χ2v) is 5.36. The van der Waals surface area contributed by atoms with Gasteiger partial charge in [-0.25, -0.2) is 0 Å². The van der Waals surface area contributed by atoms with Crippen LogP contribution < -0.4 is 10.1 Å². The summed E-state index contributed by atoms with van der Waals surface area (Å²) in [5, 5.41) is 13.7. The zero-order valence-corrected chi connectivity index (χ0v) is 13.2. The lowest BCUT2D eigenvalue weighted by atomic mass is 10.1. The van der Waals surface area contributed by atoms with Gasteiger partial charge in [0.25, 0.3) is 11.6 Å². The van der Waals surface area contributed by atoms with Gasteiger partial charge < -0.3 is 10.1 Å². The van der Waals surface area contributed by atoms with Crippen LogP contribution in [0.1, 0.15) is 29.8 Å². The van der Waals surface area contributed by atoms with E-state index in [0.29, 0.717) is 17.0 Å². The average molecular weight is 314 g/mol. The summed E-state index contributed by atoms with van der Waals surface area (Å²) in [6.45, 7) is 5.39. The van der Waals surface area contributed by atoms with Gasteiger partial charge in [0.05, 0.1) is 11.0 Å². The van der Waals surface area contributed by atoms with Crippen molar-refractivity contribution in [1.82, 2.24) is 0 Å². The summed E-state index contributed by atoms with van der Waals surface area (Å²) in [6.07, 6.45) is 0.0277. The zero-order chi connectivity index (χ0) is 17.0. The predicted molar refractivity (Wildman–Crippen MR) is 88.0 cm³/mol. The van der Waals surface area contributed by atoms with Gasteiger partial charge in [-0.2, -0.15) is 0 Å². The minimum Gasteiger partial charge on any atom is -0.491 e. The molecule has 2 aromatic rings. The van der Waals surface area contributed by atoms with Crippen molar-refractivity contribution in [2.75, 3.05) is 5.32 Å². The summed E-state index contributed by atoms with van der Waals surface area (Å²) in [5.74, 6) is 0.251. The molecule has 0 unspecified atom stereocenters. The van der Waals surface area contributed by atoms with Gasteiger partial charge in [-0.1, -0.05) is 12.1 Å². The number of hydrogen-bond acceptors (Lipinski definition) is 4. The smallest absolute Gasteiger partial charge is 0.273 e. The summed E-state index contributed by atoms with van der Waals surface area (Å²) < 4.78 is 5.58. The molecule has 0 heterocycles. The molecule has 6 heteroatoms. The maximum atomic E-state index is 12.4. The van der Waals surface area contributed by atoms with E-state index in [-0.39, 0.29) is 17.4 Å². The normalized spacial score (nSPS) is 10.4. The molecule has 120 valence electrons. The Bertz CT molecular complexity index is 741. The van der Waals surface area contributed by atoms with E-state index in [4.69, 9.17) is 4.74 Å². The first-order chi connectivity index (χ1) is 10.9. The average Bonchev–Trinajstić information content (AvgIpc) is 2.46. The molecule has 6 nitrogen and oxygen atoms in total. The summed E-state index contributed by atoms with van der Waals surface area (Å²) in [5.41, 5.74) is 1.10. The molecule has 2 rings (SSSR count). The Morgan fingerprint density at radius 1 is 1.22 bits per heavy atom. The van der Waals surface area contributed by atoms with Crippen LogP contribution in [-0.4, -0.2) is 16.9 Å². The van der Waals surface area contributed by atoms with Crippen LogP contribution in [0.5, 0.6) is 5.75 Å². The van der Waals surface area contributed by atoms with Crippen molar-refractivity contribution in [3.8, 4) is 5.75 Å². The number of carbonyl (C=O) groups is 1. The summed E-state index contributed by atoms with van der Waals surface area (Å²) in [7, 11) is 0. The third-order valence-electron chi connectivity index (χ3n) is 3.21. The number of rotatable bonds is 5. The third-order valence-corrected chi connectivity index (χ3v) is 3.21. The molecule has 0 spiro atoms. The topological polar surface area (TPSA) is 81.5 Å². The number of amides is 1. The van der Waals surface area contributed by atoms with E-state index in [2.05, 4.69) is 5.32 Å². The fourth-order valence-corrected chi connectivity index (χ4v) is 2.18. The number of anilines is 1. The molecule has 1 amide bonds. The lowest BCUT2D eigenvalue weighted by Crippen LogP contribution is -2.14. The lowest BCUT2D eigenvalue weighted by molar-refractivity contribution is -0.385. The highest BCUT2D eigenvalue weighted by molar-refractivity contribution is 6.05. The van der Waals surface area contributed by atoms with Crippen LogP contribution in [0.4, 0.5) is 11.4 Å². The van der Waals surface area contributed by atoms with Crippen molar-refractivity contribution in [3.05, 3.63) is 63.7 Å². The molecular weight excluding hydrogens is 296 g/mol. The number of carbonyl (C=O) groups excluding carboxylic acids is 1. The Morgan fingerprint density at radius 2 is 1.91 bits per heavy atom. The van der Waals surface area contributed by atoms with Gasteiger partial charge >= 0.3 is 0 Å². The van der Waals surface area contributed by atoms with Gasteiger partial charge in [-0.05, 0) is 39.0 Å². The number of hydrogen-bond donors (Lipinski definition) is 1. The molecule has 23 heavy (non-hydrogen) atoms. The number of ether oxygens (including phenoxy) is 1. The molecule has 0 aliphatic rings. The number of nitrogens with one attached hydrogen (secondary N) is 1. The largest absolute Gasteiger partial charge is 0.491 e.